The molecule has 1 heterocycles. The van der Waals surface area contributed by atoms with E-state index in [4.69, 9.17) is 4.74 Å². The van der Waals surface area contributed by atoms with Crippen molar-refractivity contribution in [1.82, 2.24) is 9.55 Å². The smallest absolute Gasteiger partial charge is 0.306 e. The average molecular weight is 250 g/mol. The molecule has 1 aliphatic carbocycles. The van der Waals surface area contributed by atoms with Gasteiger partial charge in [-0.05, 0) is 19.3 Å². The Morgan fingerprint density at radius 1 is 1.44 bits per heavy atom. The Balaban J connectivity index is 1.84. The van der Waals surface area contributed by atoms with Gasteiger partial charge in [-0.2, -0.15) is 0 Å². The van der Waals surface area contributed by atoms with E-state index < -0.39 is 0 Å². The largest absolute Gasteiger partial charge is 0.466 e. The molecule has 1 aromatic rings. The van der Waals surface area contributed by atoms with E-state index >= 15 is 0 Å². The number of esters is 1. The number of hydrogen-bond donors (Lipinski definition) is 0. The fourth-order valence-corrected chi connectivity index (χ4v) is 1.80. The first-order valence-corrected chi connectivity index (χ1v) is 6.43. The van der Waals surface area contributed by atoms with Crippen molar-refractivity contribution in [3.63, 3.8) is 0 Å². The molecule has 98 valence electrons. The molecule has 0 saturated heterocycles. The minimum absolute atomic E-state index is 0.0344. The number of imidazole rings is 1. The number of rotatable bonds is 7. The van der Waals surface area contributed by atoms with E-state index in [1.165, 1.54) is 0 Å². The molecule has 1 aliphatic rings. The molecule has 5 nitrogen and oxygen atoms in total. The molecule has 1 fully saturated rings. The summed E-state index contributed by atoms with van der Waals surface area (Å²) in [5.41, 5.74) is 0.612. The van der Waals surface area contributed by atoms with E-state index in [9.17, 15) is 9.59 Å². The summed E-state index contributed by atoms with van der Waals surface area (Å²) < 4.78 is 6.85. The minimum Gasteiger partial charge on any atom is -0.466 e. The van der Waals surface area contributed by atoms with Crippen LogP contribution in [0.15, 0.2) is 12.5 Å². The van der Waals surface area contributed by atoms with Crippen molar-refractivity contribution < 1.29 is 14.3 Å². The fourth-order valence-electron chi connectivity index (χ4n) is 1.80. The molecule has 2 rings (SSSR count). The first-order chi connectivity index (χ1) is 8.72. The molecule has 0 atom stereocenters. The molecule has 1 saturated carbocycles. The summed E-state index contributed by atoms with van der Waals surface area (Å²) >= 11 is 0. The number of Topliss-reactive ketones (excluding diaryl/α,β-unsaturated/α-hetero) is 1. The van der Waals surface area contributed by atoms with Gasteiger partial charge in [-0.25, -0.2) is 4.98 Å². The molecule has 0 aliphatic heterocycles. The van der Waals surface area contributed by atoms with Crippen LogP contribution in [0.1, 0.15) is 55.6 Å². The Morgan fingerprint density at radius 2 is 2.22 bits per heavy atom. The number of carbonyl (C=O) groups is 2. The Hall–Kier alpha value is -1.65. The van der Waals surface area contributed by atoms with Crippen LogP contribution in [0.2, 0.25) is 0 Å². The number of carbonyl (C=O) groups excluding carboxylic acids is 2. The molecule has 0 spiro atoms. The first kappa shape index (κ1) is 12.8. The van der Waals surface area contributed by atoms with E-state index in [1.807, 2.05) is 11.5 Å². The van der Waals surface area contributed by atoms with E-state index in [1.54, 1.807) is 12.5 Å². The van der Waals surface area contributed by atoms with Crippen molar-refractivity contribution in [2.24, 2.45) is 0 Å². The number of nitrogens with zero attached hydrogens (tertiary/aromatic N) is 2. The zero-order valence-corrected chi connectivity index (χ0v) is 10.6. The highest BCUT2D eigenvalue weighted by Gasteiger charge is 2.27. The van der Waals surface area contributed by atoms with Crippen molar-refractivity contribution in [2.75, 3.05) is 6.61 Å². The molecule has 0 N–H and O–H groups in total. The summed E-state index contributed by atoms with van der Waals surface area (Å²) in [7, 11) is 0. The van der Waals surface area contributed by atoms with E-state index in [-0.39, 0.29) is 24.6 Å². The van der Waals surface area contributed by atoms with Crippen molar-refractivity contribution in [3.05, 3.63) is 18.2 Å². The van der Waals surface area contributed by atoms with Gasteiger partial charge in [-0.3, -0.25) is 9.59 Å². The van der Waals surface area contributed by atoms with Gasteiger partial charge in [-0.1, -0.05) is 6.92 Å². The quantitative estimate of drug-likeness (QED) is 0.549. The predicted octanol–water partition coefficient (Wildman–Crippen LogP) is 2.13. The number of ether oxygens (including phenoxy) is 1. The second kappa shape index (κ2) is 5.80. The van der Waals surface area contributed by atoms with E-state index in [2.05, 4.69) is 4.98 Å². The molecule has 0 radical (unpaired) electrons. The second-order valence-electron chi connectivity index (χ2n) is 4.56. The normalized spacial score (nSPS) is 14.5. The Labute approximate surface area is 106 Å². The number of aromatic nitrogens is 2. The molecule has 0 amide bonds. The van der Waals surface area contributed by atoms with Crippen molar-refractivity contribution in [1.29, 1.82) is 0 Å². The van der Waals surface area contributed by atoms with Crippen LogP contribution in [0.5, 0.6) is 0 Å². The van der Waals surface area contributed by atoms with Gasteiger partial charge in [0, 0.05) is 12.5 Å². The average Bonchev–Trinajstić information content (AvgIpc) is 3.10. The van der Waals surface area contributed by atoms with Gasteiger partial charge in [0.2, 0.25) is 0 Å². The van der Waals surface area contributed by atoms with Gasteiger partial charge in [-0.15, -0.1) is 0 Å². The molecule has 1 aromatic heterocycles. The van der Waals surface area contributed by atoms with Crippen LogP contribution in [0.3, 0.4) is 0 Å². The summed E-state index contributed by atoms with van der Waals surface area (Å²) in [5, 5.41) is 0. The Kier molecular flexibility index (Phi) is 4.12. The lowest BCUT2D eigenvalue weighted by Crippen LogP contribution is -2.11. The summed E-state index contributed by atoms with van der Waals surface area (Å²) in [5.74, 6) is -0.337. The zero-order valence-electron chi connectivity index (χ0n) is 10.6. The highest BCUT2D eigenvalue weighted by atomic mass is 16.5. The summed E-state index contributed by atoms with van der Waals surface area (Å²) in [6.07, 6.45) is 6.63. The zero-order chi connectivity index (χ0) is 13.0. The summed E-state index contributed by atoms with van der Waals surface area (Å²) in [6.45, 7) is 2.36. The van der Waals surface area contributed by atoms with E-state index in [0.717, 1.165) is 19.3 Å². The van der Waals surface area contributed by atoms with E-state index in [0.29, 0.717) is 18.3 Å². The van der Waals surface area contributed by atoms with Crippen LogP contribution >= 0.6 is 0 Å². The van der Waals surface area contributed by atoms with Gasteiger partial charge >= 0.3 is 5.97 Å². The van der Waals surface area contributed by atoms with Crippen LogP contribution in [0.4, 0.5) is 0 Å². The standard InChI is InChI=1S/C13H18N2O3/c1-2-7-18-13(17)6-5-12(16)11-8-14-9-15(11)10-3-4-10/h8-10H,2-7H2,1H3. The molecule has 0 bridgehead atoms. The highest BCUT2D eigenvalue weighted by molar-refractivity contribution is 5.96. The molecule has 18 heavy (non-hydrogen) atoms. The number of hydrogen-bond acceptors (Lipinski definition) is 4. The van der Waals surface area contributed by atoms with Crippen LogP contribution in [-0.4, -0.2) is 27.9 Å². The second-order valence-corrected chi connectivity index (χ2v) is 4.56. The van der Waals surface area contributed by atoms with Gasteiger partial charge in [0.25, 0.3) is 0 Å². The third-order valence-corrected chi connectivity index (χ3v) is 2.92. The molecule has 5 heteroatoms. The molecular weight excluding hydrogens is 232 g/mol. The van der Waals surface area contributed by atoms with Crippen LogP contribution in [0.25, 0.3) is 0 Å². The number of ketones is 1. The van der Waals surface area contributed by atoms with Gasteiger partial charge in [0.1, 0.15) is 5.69 Å². The summed E-state index contributed by atoms with van der Waals surface area (Å²) in [4.78, 5) is 27.3. The maximum Gasteiger partial charge on any atom is 0.306 e. The molecule has 0 aromatic carbocycles. The van der Waals surface area contributed by atoms with Gasteiger partial charge in [0.05, 0.1) is 25.6 Å². The van der Waals surface area contributed by atoms with Crippen molar-refractivity contribution in [2.45, 2.75) is 45.1 Å². The van der Waals surface area contributed by atoms with Gasteiger partial charge in [0.15, 0.2) is 5.78 Å². The van der Waals surface area contributed by atoms with Crippen LogP contribution < -0.4 is 0 Å². The Bertz CT molecular complexity index is 435. The predicted molar refractivity (Wildman–Crippen MR) is 65.3 cm³/mol. The Morgan fingerprint density at radius 3 is 2.89 bits per heavy atom. The lowest BCUT2D eigenvalue weighted by atomic mass is 10.2. The monoisotopic (exact) mass is 250 g/mol. The highest BCUT2D eigenvalue weighted by Crippen LogP contribution is 2.35. The molecule has 0 unspecified atom stereocenters. The lowest BCUT2D eigenvalue weighted by molar-refractivity contribution is -0.143. The summed E-state index contributed by atoms with van der Waals surface area (Å²) in [6, 6.07) is 0.429. The first-order valence-electron chi connectivity index (χ1n) is 6.43. The fraction of sp³-hybridized carbons (Fsp3) is 0.615. The topological polar surface area (TPSA) is 61.2 Å². The molecular formula is C13H18N2O3. The van der Waals surface area contributed by atoms with Gasteiger partial charge < -0.3 is 9.30 Å². The van der Waals surface area contributed by atoms with Crippen molar-refractivity contribution >= 4 is 11.8 Å². The van der Waals surface area contributed by atoms with Crippen LogP contribution in [-0.2, 0) is 9.53 Å². The lowest BCUT2D eigenvalue weighted by Gasteiger charge is -2.05. The third kappa shape index (κ3) is 3.18. The SMILES string of the molecule is CCCOC(=O)CCC(=O)c1cncn1C1CC1. The maximum absolute atomic E-state index is 12.0. The minimum atomic E-state index is -0.303. The van der Waals surface area contributed by atoms with Crippen molar-refractivity contribution in [3.8, 4) is 0 Å². The third-order valence-electron chi connectivity index (χ3n) is 2.92. The van der Waals surface area contributed by atoms with Crippen LogP contribution in [0, 0.1) is 0 Å². The maximum atomic E-state index is 12.0.